The van der Waals surface area contributed by atoms with E-state index in [0.29, 0.717) is 11.4 Å². The highest BCUT2D eigenvalue weighted by molar-refractivity contribution is 5.94. The highest BCUT2D eigenvalue weighted by Crippen LogP contribution is 2.22. The summed E-state index contributed by atoms with van der Waals surface area (Å²) in [6, 6.07) is 7.78. The quantitative estimate of drug-likeness (QED) is 0.763. The number of amides is 1. The summed E-state index contributed by atoms with van der Waals surface area (Å²) in [5.74, 6) is -0.240. The van der Waals surface area contributed by atoms with Gasteiger partial charge in [0.15, 0.2) is 5.69 Å². The Balaban J connectivity index is 2.22. The largest absolute Gasteiger partial charge is 0.354 e. The standard InChI is InChI=1S/C14H13N5O/c1-9-13(14(20)15-2)17-18-19(9)12-5-3-4-10-8-16-7-6-11(10)12/h3-8H,1-2H3,(H,15,20). The summed E-state index contributed by atoms with van der Waals surface area (Å²) in [4.78, 5) is 15.8. The molecule has 0 fully saturated rings. The fraction of sp³-hybridized carbons (Fsp3) is 0.143. The van der Waals surface area contributed by atoms with Crippen LogP contribution in [0.1, 0.15) is 16.2 Å². The van der Waals surface area contributed by atoms with E-state index in [1.54, 1.807) is 24.1 Å². The van der Waals surface area contributed by atoms with E-state index in [0.717, 1.165) is 16.5 Å². The van der Waals surface area contributed by atoms with Crippen LogP contribution in [0.15, 0.2) is 36.7 Å². The van der Waals surface area contributed by atoms with Gasteiger partial charge in [-0.2, -0.15) is 0 Å². The van der Waals surface area contributed by atoms with Gasteiger partial charge in [0, 0.05) is 30.2 Å². The van der Waals surface area contributed by atoms with E-state index < -0.39 is 0 Å². The number of carbonyl (C=O) groups is 1. The third-order valence-electron chi connectivity index (χ3n) is 3.22. The van der Waals surface area contributed by atoms with Crippen molar-refractivity contribution < 1.29 is 4.79 Å². The molecule has 0 spiro atoms. The second-order valence-electron chi connectivity index (χ2n) is 4.39. The summed E-state index contributed by atoms with van der Waals surface area (Å²) in [6.07, 6.45) is 3.53. The lowest BCUT2D eigenvalue weighted by atomic mass is 10.1. The van der Waals surface area contributed by atoms with Crippen LogP contribution in [-0.2, 0) is 0 Å². The molecule has 6 nitrogen and oxygen atoms in total. The number of nitrogens with zero attached hydrogens (tertiary/aromatic N) is 4. The summed E-state index contributed by atoms with van der Waals surface area (Å²) in [5, 5.41) is 12.6. The maximum absolute atomic E-state index is 11.7. The molecule has 1 N–H and O–H groups in total. The molecule has 0 saturated heterocycles. The van der Waals surface area contributed by atoms with E-state index in [9.17, 15) is 4.79 Å². The Kier molecular flexibility index (Phi) is 2.90. The zero-order chi connectivity index (χ0) is 14.1. The second kappa shape index (κ2) is 4.73. The molecule has 2 aromatic heterocycles. The molecular formula is C14H13N5O. The number of aromatic nitrogens is 4. The van der Waals surface area contributed by atoms with Gasteiger partial charge in [-0.1, -0.05) is 17.3 Å². The number of nitrogens with one attached hydrogen (secondary N) is 1. The van der Waals surface area contributed by atoms with E-state index in [1.165, 1.54) is 0 Å². The van der Waals surface area contributed by atoms with Crippen LogP contribution in [0.3, 0.4) is 0 Å². The Bertz CT molecular complexity index is 788. The van der Waals surface area contributed by atoms with Gasteiger partial charge in [-0.25, -0.2) is 4.68 Å². The van der Waals surface area contributed by atoms with Gasteiger partial charge in [0.05, 0.1) is 11.4 Å². The molecule has 3 aromatic rings. The Labute approximate surface area is 115 Å². The van der Waals surface area contributed by atoms with Crippen LogP contribution in [-0.4, -0.2) is 32.9 Å². The van der Waals surface area contributed by atoms with Gasteiger partial charge in [0.2, 0.25) is 0 Å². The lowest BCUT2D eigenvalue weighted by molar-refractivity contribution is 0.0957. The molecule has 0 unspecified atom stereocenters. The monoisotopic (exact) mass is 267 g/mol. The Morgan fingerprint density at radius 3 is 2.95 bits per heavy atom. The summed E-state index contributed by atoms with van der Waals surface area (Å²) >= 11 is 0. The molecule has 0 aliphatic rings. The predicted octanol–water partition coefficient (Wildman–Crippen LogP) is 1.48. The number of hydrogen-bond acceptors (Lipinski definition) is 4. The van der Waals surface area contributed by atoms with Crippen LogP contribution < -0.4 is 5.32 Å². The van der Waals surface area contributed by atoms with Crippen LogP contribution in [0.2, 0.25) is 0 Å². The van der Waals surface area contributed by atoms with Crippen molar-refractivity contribution in [2.75, 3.05) is 7.05 Å². The third kappa shape index (κ3) is 1.82. The summed E-state index contributed by atoms with van der Waals surface area (Å²) in [5.41, 5.74) is 1.91. The molecule has 100 valence electrons. The van der Waals surface area contributed by atoms with Gasteiger partial charge in [-0.15, -0.1) is 5.10 Å². The van der Waals surface area contributed by atoms with E-state index in [2.05, 4.69) is 20.6 Å². The first-order valence-electron chi connectivity index (χ1n) is 6.20. The van der Waals surface area contributed by atoms with Crippen molar-refractivity contribution in [3.05, 3.63) is 48.0 Å². The zero-order valence-electron chi connectivity index (χ0n) is 11.2. The summed E-state index contributed by atoms with van der Waals surface area (Å²) in [7, 11) is 1.57. The first-order valence-corrected chi connectivity index (χ1v) is 6.20. The number of fused-ring (bicyclic) bond motifs is 1. The van der Waals surface area contributed by atoms with E-state index >= 15 is 0 Å². The molecule has 2 heterocycles. The molecule has 0 atom stereocenters. The molecule has 0 bridgehead atoms. The van der Waals surface area contributed by atoms with Gasteiger partial charge < -0.3 is 5.32 Å². The molecular weight excluding hydrogens is 254 g/mol. The van der Waals surface area contributed by atoms with Gasteiger partial charge in [0.25, 0.3) is 5.91 Å². The second-order valence-corrected chi connectivity index (χ2v) is 4.39. The molecule has 0 aliphatic carbocycles. The molecule has 1 amide bonds. The van der Waals surface area contributed by atoms with Gasteiger partial charge >= 0.3 is 0 Å². The van der Waals surface area contributed by atoms with Crippen LogP contribution in [0.25, 0.3) is 16.5 Å². The highest BCUT2D eigenvalue weighted by Gasteiger charge is 2.16. The number of rotatable bonds is 2. The van der Waals surface area contributed by atoms with Gasteiger partial charge in [-0.05, 0) is 19.1 Å². The Morgan fingerprint density at radius 2 is 2.15 bits per heavy atom. The van der Waals surface area contributed by atoms with Crippen molar-refractivity contribution in [2.24, 2.45) is 0 Å². The maximum atomic E-state index is 11.7. The zero-order valence-corrected chi connectivity index (χ0v) is 11.2. The SMILES string of the molecule is CNC(=O)c1nnn(-c2cccc3cnccc23)c1C. The maximum Gasteiger partial charge on any atom is 0.273 e. The predicted molar refractivity (Wildman–Crippen MR) is 74.8 cm³/mol. The molecule has 20 heavy (non-hydrogen) atoms. The van der Waals surface area contributed by atoms with E-state index in [1.807, 2.05) is 31.2 Å². The Hall–Kier alpha value is -2.76. The lowest BCUT2D eigenvalue weighted by Crippen LogP contribution is -2.19. The van der Waals surface area contributed by atoms with E-state index in [-0.39, 0.29) is 5.91 Å². The van der Waals surface area contributed by atoms with Crippen molar-refractivity contribution in [1.82, 2.24) is 25.3 Å². The first-order chi connectivity index (χ1) is 9.72. The lowest BCUT2D eigenvalue weighted by Gasteiger charge is -2.07. The van der Waals surface area contributed by atoms with Gasteiger partial charge in [-0.3, -0.25) is 9.78 Å². The third-order valence-corrected chi connectivity index (χ3v) is 3.22. The average Bonchev–Trinajstić information content (AvgIpc) is 2.87. The number of benzene rings is 1. The number of pyridine rings is 1. The minimum Gasteiger partial charge on any atom is -0.354 e. The van der Waals surface area contributed by atoms with E-state index in [4.69, 9.17) is 0 Å². The summed E-state index contributed by atoms with van der Waals surface area (Å²) in [6.45, 7) is 1.82. The normalized spacial score (nSPS) is 10.7. The molecule has 1 aromatic carbocycles. The van der Waals surface area contributed by atoms with Crippen LogP contribution in [0.4, 0.5) is 0 Å². The smallest absolute Gasteiger partial charge is 0.273 e. The summed E-state index contributed by atoms with van der Waals surface area (Å²) < 4.78 is 1.67. The first kappa shape index (κ1) is 12.3. The van der Waals surface area contributed by atoms with Crippen LogP contribution in [0.5, 0.6) is 0 Å². The van der Waals surface area contributed by atoms with Crippen molar-refractivity contribution in [3.63, 3.8) is 0 Å². The molecule has 0 saturated carbocycles. The molecule has 6 heteroatoms. The fourth-order valence-corrected chi connectivity index (χ4v) is 2.18. The van der Waals surface area contributed by atoms with Crippen LogP contribution >= 0.6 is 0 Å². The molecule has 3 rings (SSSR count). The van der Waals surface area contributed by atoms with Crippen molar-refractivity contribution >= 4 is 16.7 Å². The Morgan fingerprint density at radius 1 is 1.30 bits per heavy atom. The highest BCUT2D eigenvalue weighted by atomic mass is 16.1. The minimum absolute atomic E-state index is 0.240. The van der Waals surface area contributed by atoms with Crippen LogP contribution in [0, 0.1) is 6.92 Å². The fourth-order valence-electron chi connectivity index (χ4n) is 2.18. The van der Waals surface area contributed by atoms with Crippen molar-refractivity contribution in [2.45, 2.75) is 6.92 Å². The number of carbonyl (C=O) groups excluding carboxylic acids is 1. The molecule has 0 radical (unpaired) electrons. The van der Waals surface area contributed by atoms with Gasteiger partial charge in [0.1, 0.15) is 0 Å². The van der Waals surface area contributed by atoms with Crippen molar-refractivity contribution in [1.29, 1.82) is 0 Å². The van der Waals surface area contributed by atoms with Crippen molar-refractivity contribution in [3.8, 4) is 5.69 Å². The molecule has 0 aliphatic heterocycles. The topological polar surface area (TPSA) is 72.7 Å². The minimum atomic E-state index is -0.240. The average molecular weight is 267 g/mol. The number of hydrogen-bond donors (Lipinski definition) is 1.